The lowest BCUT2D eigenvalue weighted by molar-refractivity contribution is 0.0746. The predicted molar refractivity (Wildman–Crippen MR) is 121 cm³/mol. The molecule has 2 aliphatic rings. The molecule has 0 unspecified atom stereocenters. The third kappa shape index (κ3) is 4.09. The van der Waals surface area contributed by atoms with Crippen molar-refractivity contribution in [1.29, 1.82) is 0 Å². The second kappa shape index (κ2) is 8.57. The zero-order valence-electron chi connectivity index (χ0n) is 18.7. The molecule has 3 heterocycles. The molecule has 0 saturated carbocycles. The van der Waals surface area contributed by atoms with Gasteiger partial charge < -0.3 is 14.5 Å². The maximum Gasteiger partial charge on any atom is 0.414 e. The molecule has 0 N–H and O–H groups in total. The third-order valence-electron chi connectivity index (χ3n) is 6.19. The predicted octanol–water partition coefficient (Wildman–Crippen LogP) is 3.57. The van der Waals surface area contributed by atoms with Crippen LogP contribution in [-0.4, -0.2) is 60.7 Å². The van der Waals surface area contributed by atoms with Crippen molar-refractivity contribution in [2.45, 2.75) is 40.2 Å². The van der Waals surface area contributed by atoms with E-state index in [1.54, 1.807) is 4.90 Å². The molecule has 2 aliphatic heterocycles. The number of carbonyl (C=O) groups is 2. The molecule has 0 radical (unpaired) electrons. The van der Waals surface area contributed by atoms with Crippen LogP contribution in [0.4, 0.5) is 16.3 Å². The lowest BCUT2D eigenvalue weighted by Gasteiger charge is -2.36. The number of aromatic nitrogens is 1. The van der Waals surface area contributed by atoms with Crippen molar-refractivity contribution >= 4 is 23.5 Å². The molecule has 0 spiro atoms. The number of cyclic esters (lactones) is 1. The summed E-state index contributed by atoms with van der Waals surface area (Å²) >= 11 is 0. The van der Waals surface area contributed by atoms with Gasteiger partial charge in [-0.05, 0) is 62.1 Å². The van der Waals surface area contributed by atoms with Gasteiger partial charge in [0.15, 0.2) is 0 Å². The Labute approximate surface area is 183 Å². The highest BCUT2D eigenvalue weighted by Gasteiger charge is 2.31. The largest absolute Gasteiger partial charge is 0.447 e. The lowest BCUT2D eigenvalue weighted by atomic mass is 10.0. The van der Waals surface area contributed by atoms with Gasteiger partial charge in [0, 0.05) is 43.6 Å². The van der Waals surface area contributed by atoms with Crippen LogP contribution < -0.4 is 9.80 Å². The zero-order valence-corrected chi connectivity index (χ0v) is 18.7. The number of piperazine rings is 1. The summed E-state index contributed by atoms with van der Waals surface area (Å²) in [4.78, 5) is 35.6. The van der Waals surface area contributed by atoms with Crippen molar-refractivity contribution < 1.29 is 14.3 Å². The monoisotopic (exact) mass is 422 g/mol. The van der Waals surface area contributed by atoms with Crippen molar-refractivity contribution in [2.24, 2.45) is 0 Å². The Hall–Kier alpha value is -3.09. The van der Waals surface area contributed by atoms with Crippen LogP contribution >= 0.6 is 0 Å². The second-order valence-electron chi connectivity index (χ2n) is 8.41. The van der Waals surface area contributed by atoms with Gasteiger partial charge in [-0.25, -0.2) is 9.78 Å². The fraction of sp³-hybridized carbons (Fsp3) is 0.458. The molecule has 0 bridgehead atoms. The number of hydrogen-bond donors (Lipinski definition) is 0. The first kappa shape index (κ1) is 21.2. The van der Waals surface area contributed by atoms with E-state index in [4.69, 9.17) is 4.74 Å². The van der Waals surface area contributed by atoms with Crippen LogP contribution in [0.25, 0.3) is 0 Å². The zero-order chi connectivity index (χ0) is 22.1. The smallest absolute Gasteiger partial charge is 0.414 e. The highest BCUT2D eigenvalue weighted by atomic mass is 16.6. The van der Waals surface area contributed by atoms with E-state index in [0.717, 1.165) is 36.6 Å². The number of aryl methyl sites for hydroxylation is 3. The first-order valence-electron chi connectivity index (χ1n) is 11.0. The van der Waals surface area contributed by atoms with Gasteiger partial charge in [0.25, 0.3) is 5.91 Å². The summed E-state index contributed by atoms with van der Waals surface area (Å²) in [5.41, 5.74) is 4.74. The number of carbonyl (C=O) groups excluding carboxylic acids is 2. The summed E-state index contributed by atoms with van der Waals surface area (Å²) in [7, 11) is 0. The van der Waals surface area contributed by atoms with Crippen molar-refractivity contribution in [3.8, 4) is 0 Å². The molecule has 7 nitrogen and oxygen atoms in total. The van der Waals surface area contributed by atoms with Crippen molar-refractivity contribution in [1.82, 2.24) is 9.88 Å². The molecule has 2 saturated heterocycles. The quantitative estimate of drug-likeness (QED) is 0.754. The minimum absolute atomic E-state index is 0.00927. The van der Waals surface area contributed by atoms with Crippen molar-refractivity contribution in [2.75, 3.05) is 42.6 Å². The molecular weight excluding hydrogens is 392 g/mol. The van der Waals surface area contributed by atoms with Gasteiger partial charge >= 0.3 is 6.09 Å². The van der Waals surface area contributed by atoms with Crippen LogP contribution in [0.15, 0.2) is 30.5 Å². The number of amides is 2. The van der Waals surface area contributed by atoms with Gasteiger partial charge in [0.05, 0.1) is 6.04 Å². The van der Waals surface area contributed by atoms with Crippen LogP contribution in [0.5, 0.6) is 0 Å². The Morgan fingerprint density at radius 3 is 2.45 bits per heavy atom. The van der Waals surface area contributed by atoms with E-state index >= 15 is 0 Å². The third-order valence-corrected chi connectivity index (χ3v) is 6.19. The molecular formula is C24H30N4O3. The highest BCUT2D eigenvalue weighted by molar-refractivity contribution is 5.97. The molecule has 2 fully saturated rings. The van der Waals surface area contributed by atoms with Gasteiger partial charge in [-0.3, -0.25) is 9.69 Å². The van der Waals surface area contributed by atoms with Gasteiger partial charge in [-0.2, -0.15) is 0 Å². The number of anilines is 2. The Morgan fingerprint density at radius 2 is 1.87 bits per heavy atom. The summed E-state index contributed by atoms with van der Waals surface area (Å²) in [6, 6.07) is 7.75. The average molecular weight is 423 g/mol. The Bertz CT molecular complexity index is 998. The van der Waals surface area contributed by atoms with Gasteiger partial charge in [0.2, 0.25) is 0 Å². The van der Waals surface area contributed by atoms with E-state index in [2.05, 4.69) is 29.8 Å². The number of benzene rings is 1. The molecule has 2 aromatic rings. The lowest BCUT2D eigenvalue weighted by Crippen LogP contribution is -2.49. The molecule has 164 valence electrons. The molecule has 0 aliphatic carbocycles. The van der Waals surface area contributed by atoms with E-state index in [-0.39, 0.29) is 18.0 Å². The molecule has 31 heavy (non-hydrogen) atoms. The van der Waals surface area contributed by atoms with E-state index in [1.165, 1.54) is 11.1 Å². The van der Waals surface area contributed by atoms with Crippen LogP contribution in [0.2, 0.25) is 0 Å². The summed E-state index contributed by atoms with van der Waals surface area (Å²) < 4.78 is 5.11. The van der Waals surface area contributed by atoms with Crippen molar-refractivity contribution in [3.63, 3.8) is 0 Å². The number of pyridine rings is 1. The molecule has 1 atom stereocenters. The van der Waals surface area contributed by atoms with Crippen molar-refractivity contribution in [3.05, 3.63) is 52.7 Å². The van der Waals surface area contributed by atoms with Crippen LogP contribution in [0.3, 0.4) is 0 Å². The minimum Gasteiger partial charge on any atom is -0.447 e. The van der Waals surface area contributed by atoms with Gasteiger partial charge in [-0.15, -0.1) is 0 Å². The van der Waals surface area contributed by atoms with E-state index in [9.17, 15) is 9.59 Å². The molecule has 1 aromatic carbocycles. The Balaban J connectivity index is 1.43. The number of hydrogen-bond acceptors (Lipinski definition) is 5. The van der Waals surface area contributed by atoms with E-state index in [1.807, 2.05) is 43.1 Å². The standard InChI is InChI=1S/C24H30N4O3/c1-5-19-12-17(3)22(25-14-19)26-8-10-27(11-9-26)23(29)21-7-6-20(13-16(21)2)28-18(4)15-31-24(28)30/h6-7,12-14,18H,5,8-11,15H2,1-4H3/t18-/m1/s1. The first-order chi connectivity index (χ1) is 14.9. The SMILES string of the molecule is CCc1cnc(N2CCN(C(=O)c3ccc(N4C(=O)OC[C@H]4C)cc3C)CC2)c(C)c1. The number of rotatable bonds is 4. The normalized spacial score (nSPS) is 19.0. The topological polar surface area (TPSA) is 66.0 Å². The maximum absolute atomic E-state index is 13.2. The Kier molecular flexibility index (Phi) is 5.85. The van der Waals surface area contributed by atoms with Crippen LogP contribution in [0.1, 0.15) is 40.9 Å². The van der Waals surface area contributed by atoms with Gasteiger partial charge in [0.1, 0.15) is 12.4 Å². The number of ether oxygens (including phenoxy) is 1. The average Bonchev–Trinajstić information content (AvgIpc) is 3.11. The van der Waals surface area contributed by atoms with Crippen LogP contribution in [0, 0.1) is 13.8 Å². The highest BCUT2D eigenvalue weighted by Crippen LogP contribution is 2.27. The number of nitrogens with zero attached hydrogens (tertiary/aromatic N) is 4. The maximum atomic E-state index is 13.2. The summed E-state index contributed by atoms with van der Waals surface area (Å²) in [6.45, 7) is 11.3. The summed E-state index contributed by atoms with van der Waals surface area (Å²) in [6.07, 6.45) is 2.59. The van der Waals surface area contributed by atoms with E-state index in [0.29, 0.717) is 25.3 Å². The molecule has 4 rings (SSSR count). The summed E-state index contributed by atoms with van der Waals surface area (Å²) in [5.74, 6) is 1.04. The fourth-order valence-corrected chi connectivity index (χ4v) is 4.36. The fourth-order valence-electron chi connectivity index (χ4n) is 4.36. The molecule has 7 heteroatoms. The summed E-state index contributed by atoms with van der Waals surface area (Å²) in [5, 5.41) is 0. The van der Waals surface area contributed by atoms with Crippen LogP contribution in [-0.2, 0) is 11.2 Å². The van der Waals surface area contributed by atoms with Gasteiger partial charge in [-0.1, -0.05) is 13.0 Å². The minimum atomic E-state index is -0.335. The van der Waals surface area contributed by atoms with E-state index < -0.39 is 0 Å². The first-order valence-corrected chi connectivity index (χ1v) is 11.0. The molecule has 2 amide bonds. The molecule has 1 aromatic heterocycles. The Morgan fingerprint density at radius 1 is 1.13 bits per heavy atom. The second-order valence-corrected chi connectivity index (χ2v) is 8.41.